The Morgan fingerprint density at radius 1 is 1.24 bits per heavy atom. The molecule has 0 spiro atoms. The summed E-state index contributed by atoms with van der Waals surface area (Å²) >= 11 is 0. The third-order valence-corrected chi connectivity index (χ3v) is 4.94. The van der Waals surface area contributed by atoms with E-state index in [1.165, 1.54) is 0 Å². The number of anilines is 1. The summed E-state index contributed by atoms with van der Waals surface area (Å²) in [6.07, 6.45) is 3.82. The molecule has 3 N–H and O–H groups in total. The van der Waals surface area contributed by atoms with E-state index in [-0.39, 0.29) is 17.8 Å². The molecule has 1 saturated carbocycles. The average Bonchev–Trinajstić information content (AvgIpc) is 3.44. The lowest BCUT2D eigenvalue weighted by Crippen LogP contribution is -2.36. The molecule has 1 aromatic heterocycles. The van der Waals surface area contributed by atoms with E-state index in [2.05, 4.69) is 26.2 Å². The van der Waals surface area contributed by atoms with Crippen molar-refractivity contribution in [2.75, 3.05) is 5.32 Å². The number of urea groups is 1. The summed E-state index contributed by atoms with van der Waals surface area (Å²) in [5.41, 5.74) is 2.69. The van der Waals surface area contributed by atoms with E-state index in [1.54, 1.807) is 12.1 Å². The van der Waals surface area contributed by atoms with Crippen molar-refractivity contribution in [3.63, 3.8) is 0 Å². The molecule has 2 amide bonds. The molecule has 4 rings (SSSR count). The highest BCUT2D eigenvalue weighted by molar-refractivity contribution is 5.90. The van der Waals surface area contributed by atoms with Gasteiger partial charge in [-0.1, -0.05) is 24.3 Å². The zero-order valence-corrected chi connectivity index (χ0v) is 16.2. The van der Waals surface area contributed by atoms with Gasteiger partial charge < -0.3 is 15.7 Å². The first-order valence-electron chi connectivity index (χ1n) is 9.82. The molecule has 1 heterocycles. The molecule has 2 aromatic carbocycles. The Bertz CT molecular complexity index is 981. The first kappa shape index (κ1) is 18.9. The molecular weight excluding hydrogens is 368 g/mol. The number of carbonyl (C=O) groups excluding carboxylic acids is 1. The molecule has 8 nitrogen and oxygen atoms in total. The molecule has 1 aliphatic rings. The average molecular weight is 392 g/mol. The number of nitrogens with one attached hydrogen (secondary N) is 2. The molecule has 0 saturated heterocycles. The van der Waals surface area contributed by atoms with Crippen LogP contribution in [0.3, 0.4) is 0 Å². The molecule has 0 radical (unpaired) electrons. The minimum Gasteiger partial charge on any atom is -0.508 e. The van der Waals surface area contributed by atoms with Crippen molar-refractivity contribution in [2.24, 2.45) is 0 Å². The number of phenols is 1. The van der Waals surface area contributed by atoms with E-state index in [4.69, 9.17) is 0 Å². The van der Waals surface area contributed by atoms with Crippen molar-refractivity contribution >= 4 is 11.7 Å². The van der Waals surface area contributed by atoms with Gasteiger partial charge in [0.2, 0.25) is 0 Å². The number of benzene rings is 2. The van der Waals surface area contributed by atoms with Gasteiger partial charge in [-0.2, -0.15) is 0 Å². The standard InChI is InChI=1S/C21H24N6O2/c1-14(5-6-15-7-11-19(28)12-8-15)22-21(29)23-17-4-2-3-16(13-17)20-24-25-26-27(20)18-9-10-18/h2-4,7-8,11-14,18,28H,5-6,9-10H2,1H3,(H2,22,23,29)/t14-/m0/s1. The van der Waals surface area contributed by atoms with Crippen molar-refractivity contribution in [3.8, 4) is 17.1 Å². The summed E-state index contributed by atoms with van der Waals surface area (Å²) in [6.45, 7) is 1.97. The van der Waals surface area contributed by atoms with Crippen LogP contribution in [0.1, 0.15) is 37.8 Å². The third-order valence-electron chi connectivity index (χ3n) is 4.94. The number of aromatic nitrogens is 4. The van der Waals surface area contributed by atoms with Gasteiger partial charge in [-0.3, -0.25) is 0 Å². The number of hydrogen-bond acceptors (Lipinski definition) is 5. The molecule has 29 heavy (non-hydrogen) atoms. The number of rotatable bonds is 7. The number of amides is 2. The van der Waals surface area contributed by atoms with Gasteiger partial charge in [0.1, 0.15) is 5.75 Å². The van der Waals surface area contributed by atoms with Crippen LogP contribution in [0.25, 0.3) is 11.4 Å². The number of aromatic hydroxyl groups is 1. The van der Waals surface area contributed by atoms with Gasteiger partial charge in [-0.15, -0.1) is 5.10 Å². The normalized spacial score (nSPS) is 14.4. The monoisotopic (exact) mass is 392 g/mol. The van der Waals surface area contributed by atoms with Crippen LogP contribution in [-0.4, -0.2) is 37.4 Å². The summed E-state index contributed by atoms with van der Waals surface area (Å²) in [5.74, 6) is 0.978. The molecule has 0 bridgehead atoms. The summed E-state index contributed by atoms with van der Waals surface area (Å²) < 4.78 is 1.85. The Labute approximate surface area is 168 Å². The molecule has 150 valence electrons. The summed E-state index contributed by atoms with van der Waals surface area (Å²) in [6, 6.07) is 14.8. The minimum absolute atomic E-state index is 0.00847. The van der Waals surface area contributed by atoms with Crippen LogP contribution in [0.5, 0.6) is 5.75 Å². The Balaban J connectivity index is 1.32. The molecule has 8 heteroatoms. The second kappa shape index (κ2) is 8.30. The number of hydrogen-bond donors (Lipinski definition) is 3. The molecule has 0 unspecified atom stereocenters. The number of phenolic OH excluding ortho intramolecular Hbond substituents is 1. The van der Waals surface area contributed by atoms with Crippen molar-refractivity contribution in [2.45, 2.75) is 44.7 Å². The molecule has 1 aliphatic carbocycles. The van der Waals surface area contributed by atoms with Gasteiger partial charge >= 0.3 is 6.03 Å². The van der Waals surface area contributed by atoms with Crippen LogP contribution >= 0.6 is 0 Å². The Morgan fingerprint density at radius 3 is 2.79 bits per heavy atom. The van der Waals surface area contributed by atoms with Crippen LogP contribution in [0, 0.1) is 0 Å². The maximum Gasteiger partial charge on any atom is 0.319 e. The Morgan fingerprint density at radius 2 is 2.03 bits per heavy atom. The van der Waals surface area contributed by atoms with Gasteiger partial charge in [0.25, 0.3) is 0 Å². The van der Waals surface area contributed by atoms with Crippen molar-refractivity contribution < 1.29 is 9.90 Å². The maximum atomic E-state index is 12.4. The van der Waals surface area contributed by atoms with Gasteiger partial charge in [-0.05, 0) is 72.9 Å². The second-order valence-electron chi connectivity index (χ2n) is 7.46. The minimum atomic E-state index is -0.248. The fourth-order valence-corrected chi connectivity index (χ4v) is 3.19. The van der Waals surface area contributed by atoms with Gasteiger partial charge in [0.15, 0.2) is 5.82 Å². The lowest BCUT2D eigenvalue weighted by molar-refractivity contribution is 0.248. The fraction of sp³-hybridized carbons (Fsp3) is 0.333. The molecular formula is C21H24N6O2. The quantitative estimate of drug-likeness (QED) is 0.570. The highest BCUT2D eigenvalue weighted by Crippen LogP contribution is 2.36. The van der Waals surface area contributed by atoms with E-state index in [1.807, 2.05) is 48.0 Å². The van der Waals surface area contributed by atoms with Crippen molar-refractivity contribution in [1.29, 1.82) is 0 Å². The van der Waals surface area contributed by atoms with Crippen LogP contribution in [0.4, 0.5) is 10.5 Å². The molecule has 1 atom stereocenters. The van der Waals surface area contributed by atoms with E-state index < -0.39 is 0 Å². The highest BCUT2D eigenvalue weighted by Gasteiger charge is 2.28. The SMILES string of the molecule is C[C@@H](CCc1ccc(O)cc1)NC(=O)Nc1cccc(-c2nnnn2C2CC2)c1. The van der Waals surface area contributed by atoms with Gasteiger partial charge in [0.05, 0.1) is 6.04 Å². The largest absolute Gasteiger partial charge is 0.508 e. The first-order chi connectivity index (χ1) is 14.1. The number of nitrogens with zero attached hydrogens (tertiary/aromatic N) is 4. The lowest BCUT2D eigenvalue weighted by atomic mass is 10.1. The Kier molecular flexibility index (Phi) is 5.41. The lowest BCUT2D eigenvalue weighted by Gasteiger charge is -2.15. The van der Waals surface area contributed by atoms with Crippen LogP contribution in [-0.2, 0) is 6.42 Å². The topological polar surface area (TPSA) is 105 Å². The summed E-state index contributed by atoms with van der Waals surface area (Å²) in [5, 5.41) is 27.2. The summed E-state index contributed by atoms with van der Waals surface area (Å²) in [7, 11) is 0. The molecule has 1 fully saturated rings. The number of tetrazole rings is 1. The predicted molar refractivity (Wildman–Crippen MR) is 110 cm³/mol. The Hall–Kier alpha value is -3.42. The van der Waals surface area contributed by atoms with Gasteiger partial charge in [0, 0.05) is 17.3 Å². The zero-order valence-electron chi connectivity index (χ0n) is 16.2. The van der Waals surface area contributed by atoms with Crippen molar-refractivity contribution in [1.82, 2.24) is 25.5 Å². The molecule has 3 aromatic rings. The molecule has 0 aliphatic heterocycles. The van der Waals surface area contributed by atoms with Crippen LogP contribution < -0.4 is 10.6 Å². The third kappa shape index (κ3) is 4.90. The highest BCUT2D eigenvalue weighted by atomic mass is 16.3. The zero-order chi connectivity index (χ0) is 20.2. The maximum absolute atomic E-state index is 12.4. The number of aryl methyl sites for hydroxylation is 1. The van der Waals surface area contributed by atoms with E-state index >= 15 is 0 Å². The second-order valence-corrected chi connectivity index (χ2v) is 7.46. The smallest absolute Gasteiger partial charge is 0.319 e. The van der Waals surface area contributed by atoms with E-state index in [0.717, 1.165) is 42.6 Å². The first-order valence-corrected chi connectivity index (χ1v) is 9.82. The van der Waals surface area contributed by atoms with Gasteiger partial charge in [-0.25, -0.2) is 9.48 Å². The number of carbonyl (C=O) groups is 1. The van der Waals surface area contributed by atoms with Crippen LogP contribution in [0.15, 0.2) is 48.5 Å². The van der Waals surface area contributed by atoms with E-state index in [0.29, 0.717) is 11.7 Å². The van der Waals surface area contributed by atoms with Crippen LogP contribution in [0.2, 0.25) is 0 Å². The van der Waals surface area contributed by atoms with E-state index in [9.17, 15) is 9.90 Å². The predicted octanol–water partition coefficient (Wildman–Crippen LogP) is 3.52. The summed E-state index contributed by atoms with van der Waals surface area (Å²) in [4.78, 5) is 12.4. The van der Waals surface area contributed by atoms with Crippen molar-refractivity contribution in [3.05, 3.63) is 54.1 Å². The fourth-order valence-electron chi connectivity index (χ4n) is 3.19.